The number of aliphatic hydroxyl groups excluding tert-OH is 1. The maximum absolute atomic E-state index is 11.5. The van der Waals surface area contributed by atoms with E-state index in [2.05, 4.69) is 17.9 Å². The molecule has 0 radical (unpaired) electrons. The molecule has 2 saturated heterocycles. The Balaban J connectivity index is 1.59. The third kappa shape index (κ3) is 2.16. The van der Waals surface area contributed by atoms with Gasteiger partial charge in [-0.3, -0.25) is 4.90 Å². The molecule has 3 saturated carbocycles. The first-order valence-corrected chi connectivity index (χ1v) is 11.9. The maximum Gasteiger partial charge on any atom is 0.123 e. The van der Waals surface area contributed by atoms with E-state index in [-0.39, 0.29) is 53.3 Å². The topological polar surface area (TPSA) is 60.4 Å². The molecule has 0 amide bonds. The Morgan fingerprint density at radius 2 is 2.03 bits per heavy atom. The van der Waals surface area contributed by atoms with Crippen molar-refractivity contribution in [1.29, 1.82) is 0 Å². The zero-order valence-electron chi connectivity index (χ0n) is 18.8. The molecule has 3 aliphatic heterocycles. The van der Waals surface area contributed by atoms with Gasteiger partial charge in [0.1, 0.15) is 6.23 Å². The van der Waals surface area contributed by atoms with Crippen molar-refractivity contribution in [1.82, 2.24) is 4.90 Å². The lowest BCUT2D eigenvalue weighted by atomic mass is 9.48. The number of hydrogen-bond acceptors (Lipinski definition) is 6. The van der Waals surface area contributed by atoms with Crippen molar-refractivity contribution in [3.63, 3.8) is 0 Å². The van der Waals surface area contributed by atoms with E-state index in [1.165, 1.54) is 0 Å². The van der Waals surface area contributed by atoms with E-state index in [0.29, 0.717) is 11.8 Å². The summed E-state index contributed by atoms with van der Waals surface area (Å²) in [4.78, 5) is 2.56. The molecule has 6 heteroatoms. The number of hydrogen-bond donors (Lipinski definition) is 1. The van der Waals surface area contributed by atoms with Gasteiger partial charge < -0.3 is 24.1 Å². The molecule has 6 nitrogen and oxygen atoms in total. The summed E-state index contributed by atoms with van der Waals surface area (Å²) in [6.07, 6.45) is 6.59. The van der Waals surface area contributed by atoms with E-state index >= 15 is 0 Å². The summed E-state index contributed by atoms with van der Waals surface area (Å²) in [5, 5.41) is 11.5. The van der Waals surface area contributed by atoms with Gasteiger partial charge in [0.2, 0.25) is 0 Å². The molecular weight excluding hydrogens is 382 g/mol. The van der Waals surface area contributed by atoms with Crippen LogP contribution in [0.3, 0.4) is 0 Å². The molecule has 5 fully saturated rings. The second-order valence-corrected chi connectivity index (χ2v) is 10.8. The molecule has 0 unspecified atom stereocenters. The second-order valence-electron chi connectivity index (χ2n) is 10.8. The minimum Gasteiger partial charge on any atom is -0.392 e. The first-order valence-electron chi connectivity index (χ1n) is 11.9. The molecular formula is C24H37NO5. The number of methoxy groups -OCH3 is 3. The Morgan fingerprint density at radius 3 is 2.73 bits per heavy atom. The number of rotatable bonds is 5. The molecule has 0 aromatic carbocycles. The largest absolute Gasteiger partial charge is 0.392 e. The highest BCUT2D eigenvalue weighted by molar-refractivity contribution is 5.41. The molecule has 1 spiro atoms. The van der Waals surface area contributed by atoms with Crippen LogP contribution in [0.25, 0.3) is 0 Å². The van der Waals surface area contributed by atoms with Crippen molar-refractivity contribution in [3.05, 3.63) is 11.6 Å². The van der Waals surface area contributed by atoms with E-state index in [0.717, 1.165) is 45.4 Å². The highest BCUT2D eigenvalue weighted by atomic mass is 16.5. The summed E-state index contributed by atoms with van der Waals surface area (Å²) in [7, 11) is 5.52. The number of likely N-dealkylation sites (tertiary alicyclic amines) is 1. The highest BCUT2D eigenvalue weighted by Crippen LogP contribution is 2.72. The predicted octanol–water partition coefficient (Wildman–Crippen LogP) is 2.06. The molecule has 7 bridgehead atoms. The van der Waals surface area contributed by atoms with Crippen molar-refractivity contribution in [3.8, 4) is 0 Å². The van der Waals surface area contributed by atoms with Gasteiger partial charge in [0.15, 0.2) is 0 Å². The van der Waals surface area contributed by atoms with Gasteiger partial charge in [-0.1, -0.05) is 13.0 Å². The van der Waals surface area contributed by atoms with E-state index < -0.39 is 0 Å². The number of aliphatic hydroxyl groups is 1. The van der Waals surface area contributed by atoms with Crippen molar-refractivity contribution in [2.45, 2.75) is 63.3 Å². The lowest BCUT2D eigenvalue weighted by molar-refractivity contribution is -0.251. The minimum atomic E-state index is -0.307. The van der Waals surface area contributed by atoms with E-state index in [9.17, 15) is 5.11 Å². The monoisotopic (exact) mass is 419 g/mol. The predicted molar refractivity (Wildman–Crippen MR) is 111 cm³/mol. The lowest BCUT2D eigenvalue weighted by Crippen LogP contribution is -2.72. The van der Waals surface area contributed by atoms with Crippen LogP contribution in [-0.2, 0) is 18.9 Å². The summed E-state index contributed by atoms with van der Waals surface area (Å²) in [5.74, 6) is 1.16. The normalized spacial score (nSPS) is 56.0. The zero-order chi connectivity index (χ0) is 20.8. The van der Waals surface area contributed by atoms with Crippen molar-refractivity contribution in [2.75, 3.05) is 41.0 Å². The second kappa shape index (κ2) is 6.75. The molecule has 7 rings (SSSR count). The highest BCUT2D eigenvalue weighted by Gasteiger charge is 2.75. The smallest absolute Gasteiger partial charge is 0.123 e. The van der Waals surface area contributed by atoms with Gasteiger partial charge in [0, 0.05) is 39.2 Å². The molecule has 11 atom stereocenters. The summed E-state index contributed by atoms with van der Waals surface area (Å²) in [5.41, 5.74) is 1.37. The summed E-state index contributed by atoms with van der Waals surface area (Å²) < 4.78 is 25.0. The zero-order valence-corrected chi connectivity index (χ0v) is 18.8. The fraction of sp³-hybridized carbons (Fsp3) is 0.917. The van der Waals surface area contributed by atoms with Gasteiger partial charge in [-0.05, 0) is 55.6 Å². The van der Waals surface area contributed by atoms with Gasteiger partial charge >= 0.3 is 0 Å². The van der Waals surface area contributed by atoms with Crippen molar-refractivity contribution >= 4 is 0 Å². The SMILES string of the molecule is CCN1C[C@]2(COC)CC[C@H](OC)[C@@]34C2=C[C@@H](O[C@H]13)[C@H]1C[C@H](OC)[C@@H]2C[C@H]4[C@H]1[C@H]2O. The van der Waals surface area contributed by atoms with Crippen LogP contribution in [0.2, 0.25) is 0 Å². The van der Waals surface area contributed by atoms with Crippen LogP contribution in [0.1, 0.15) is 32.6 Å². The van der Waals surface area contributed by atoms with Gasteiger partial charge in [-0.2, -0.15) is 0 Å². The molecule has 7 aliphatic rings. The third-order valence-electron chi connectivity index (χ3n) is 10.1. The molecule has 3 heterocycles. The Hall–Kier alpha value is -0.500. The lowest BCUT2D eigenvalue weighted by Gasteiger charge is -2.67. The standard InChI is InChI=1S/C24H37NO5/c1-5-25-11-23(12-27-2)7-6-19(29-4)24-15-8-14-16(28-3)9-13(20(15)21(14)26)17(10-18(23)24)30-22(24)25/h10,13-17,19-22,26H,5-9,11-12H2,1-4H3/t13-,14+,15+,16+,17-,19+,20+,21+,22+,23+,24-/m1/s1. The van der Waals surface area contributed by atoms with Crippen LogP contribution < -0.4 is 0 Å². The fourth-order valence-electron chi connectivity index (χ4n) is 9.20. The summed E-state index contributed by atoms with van der Waals surface area (Å²) >= 11 is 0. The van der Waals surface area contributed by atoms with Gasteiger partial charge in [-0.25, -0.2) is 0 Å². The average molecular weight is 420 g/mol. The van der Waals surface area contributed by atoms with Gasteiger partial charge in [-0.15, -0.1) is 0 Å². The Kier molecular flexibility index (Phi) is 4.53. The van der Waals surface area contributed by atoms with Crippen LogP contribution in [0.15, 0.2) is 11.6 Å². The number of fused-ring (bicyclic) bond motifs is 1. The molecule has 4 aliphatic carbocycles. The minimum absolute atomic E-state index is 0.0284. The molecule has 168 valence electrons. The molecule has 0 aromatic heterocycles. The quantitative estimate of drug-likeness (QED) is 0.689. The van der Waals surface area contributed by atoms with E-state index in [1.54, 1.807) is 12.7 Å². The first-order chi connectivity index (χ1) is 14.6. The van der Waals surface area contributed by atoms with Crippen molar-refractivity contribution < 1.29 is 24.1 Å². The molecule has 30 heavy (non-hydrogen) atoms. The van der Waals surface area contributed by atoms with E-state index in [4.69, 9.17) is 18.9 Å². The molecule has 0 aromatic rings. The summed E-state index contributed by atoms with van der Waals surface area (Å²) in [6.45, 7) is 4.96. The van der Waals surface area contributed by atoms with Crippen LogP contribution in [0.5, 0.6) is 0 Å². The third-order valence-corrected chi connectivity index (χ3v) is 10.1. The Morgan fingerprint density at radius 1 is 1.20 bits per heavy atom. The number of nitrogens with zero attached hydrogens (tertiary/aromatic N) is 1. The van der Waals surface area contributed by atoms with Crippen LogP contribution >= 0.6 is 0 Å². The van der Waals surface area contributed by atoms with Crippen LogP contribution in [-0.4, -0.2) is 81.7 Å². The number of piperidine rings is 1. The summed E-state index contributed by atoms with van der Waals surface area (Å²) in [6, 6.07) is 0. The Bertz CT molecular complexity index is 743. The maximum atomic E-state index is 11.5. The van der Waals surface area contributed by atoms with Gasteiger partial charge in [0.05, 0.1) is 36.4 Å². The average Bonchev–Trinajstić information content (AvgIpc) is 2.88. The first kappa shape index (κ1) is 20.1. The van der Waals surface area contributed by atoms with Crippen LogP contribution in [0, 0.1) is 34.5 Å². The number of ether oxygens (including phenoxy) is 4. The van der Waals surface area contributed by atoms with E-state index in [1.807, 2.05) is 14.2 Å². The van der Waals surface area contributed by atoms with Crippen LogP contribution in [0.4, 0.5) is 0 Å². The van der Waals surface area contributed by atoms with Gasteiger partial charge in [0.25, 0.3) is 0 Å². The molecule has 1 N–H and O–H groups in total. The fourth-order valence-corrected chi connectivity index (χ4v) is 9.20. The Labute approximate surface area is 179 Å². The van der Waals surface area contributed by atoms with Crippen molar-refractivity contribution in [2.24, 2.45) is 34.5 Å².